The molecule has 0 atom stereocenters. The Hall–Kier alpha value is -3.54. The Labute approximate surface area is 180 Å². The maximum atomic E-state index is 12.3. The number of hydrogen-bond donors (Lipinski definition) is 0. The largest absolute Gasteiger partial charge is 0.494 e. The highest BCUT2D eigenvalue weighted by Gasteiger charge is 2.28. The molecular weight excluding hydrogens is 396 g/mol. The molecule has 1 aliphatic rings. The van der Waals surface area contributed by atoms with Gasteiger partial charge < -0.3 is 14.4 Å². The lowest BCUT2D eigenvalue weighted by atomic mass is 10.1. The summed E-state index contributed by atoms with van der Waals surface area (Å²) in [5.74, 6) is 0.588. The number of carbonyl (C=O) groups is 1. The van der Waals surface area contributed by atoms with E-state index in [-0.39, 0.29) is 12.1 Å². The summed E-state index contributed by atoms with van der Waals surface area (Å²) in [5, 5.41) is 18.1. The fourth-order valence-electron chi connectivity index (χ4n) is 3.81. The molecule has 3 aromatic rings. The molecular formula is C22H26N6O3. The zero-order chi connectivity index (χ0) is 22.2. The summed E-state index contributed by atoms with van der Waals surface area (Å²) in [6.45, 7) is 6.90. The maximum Gasteiger partial charge on any atom is 0.410 e. The fraction of sp³-hybridized carbons (Fsp3) is 0.455. The zero-order valence-corrected chi connectivity index (χ0v) is 18.2. The van der Waals surface area contributed by atoms with E-state index in [1.165, 1.54) is 6.20 Å². The predicted octanol–water partition coefficient (Wildman–Crippen LogP) is 3.65. The van der Waals surface area contributed by atoms with Crippen molar-refractivity contribution < 1.29 is 14.3 Å². The second-order valence-electron chi connectivity index (χ2n) is 8.67. The lowest BCUT2D eigenvalue weighted by Crippen LogP contribution is -2.42. The van der Waals surface area contributed by atoms with Crippen LogP contribution in [0.2, 0.25) is 0 Å². The topological polar surface area (TPSA) is 97.7 Å². The maximum absolute atomic E-state index is 12.3. The number of nitriles is 1. The normalized spacial score (nSPS) is 15.1. The summed E-state index contributed by atoms with van der Waals surface area (Å²) in [4.78, 5) is 14.0. The summed E-state index contributed by atoms with van der Waals surface area (Å²) in [6.07, 6.45) is 8.58. The number of methoxy groups -OCH3 is 1. The van der Waals surface area contributed by atoms with Crippen molar-refractivity contribution in [1.82, 2.24) is 24.3 Å². The molecule has 0 radical (unpaired) electrons. The van der Waals surface area contributed by atoms with Crippen molar-refractivity contribution >= 4 is 11.6 Å². The van der Waals surface area contributed by atoms with Gasteiger partial charge in [-0.15, -0.1) is 0 Å². The van der Waals surface area contributed by atoms with Crippen LogP contribution < -0.4 is 4.74 Å². The van der Waals surface area contributed by atoms with E-state index in [9.17, 15) is 10.1 Å². The molecule has 1 aliphatic heterocycles. The Bertz CT molecular complexity index is 1140. The molecule has 9 nitrogen and oxygen atoms in total. The Morgan fingerprint density at radius 2 is 1.90 bits per heavy atom. The van der Waals surface area contributed by atoms with E-state index in [2.05, 4.69) is 16.3 Å². The number of carbonyl (C=O) groups excluding carboxylic acids is 1. The van der Waals surface area contributed by atoms with Gasteiger partial charge in [0.1, 0.15) is 28.5 Å². The fourth-order valence-corrected chi connectivity index (χ4v) is 3.81. The second-order valence-corrected chi connectivity index (χ2v) is 8.67. The van der Waals surface area contributed by atoms with Crippen molar-refractivity contribution in [2.75, 3.05) is 20.2 Å². The summed E-state index contributed by atoms with van der Waals surface area (Å²) < 4.78 is 14.6. The molecule has 0 bridgehead atoms. The van der Waals surface area contributed by atoms with Crippen LogP contribution in [0.15, 0.2) is 30.9 Å². The molecule has 0 saturated carbocycles. The van der Waals surface area contributed by atoms with E-state index in [0.29, 0.717) is 29.9 Å². The number of hydrogen-bond acceptors (Lipinski definition) is 6. The van der Waals surface area contributed by atoms with Crippen molar-refractivity contribution in [3.05, 3.63) is 36.4 Å². The van der Waals surface area contributed by atoms with Gasteiger partial charge in [-0.2, -0.15) is 15.5 Å². The van der Waals surface area contributed by atoms with E-state index >= 15 is 0 Å². The van der Waals surface area contributed by atoms with Gasteiger partial charge in [0.15, 0.2) is 0 Å². The molecule has 0 aromatic carbocycles. The Morgan fingerprint density at radius 1 is 1.16 bits per heavy atom. The van der Waals surface area contributed by atoms with Gasteiger partial charge >= 0.3 is 6.09 Å². The highest BCUT2D eigenvalue weighted by molar-refractivity contribution is 5.75. The van der Waals surface area contributed by atoms with Crippen LogP contribution in [0.25, 0.3) is 16.6 Å². The van der Waals surface area contributed by atoms with Gasteiger partial charge in [0.05, 0.1) is 25.5 Å². The number of aromatic nitrogens is 4. The third kappa shape index (κ3) is 4.19. The number of likely N-dealkylation sites (tertiary alicyclic amines) is 1. The SMILES string of the molecule is COc1cc(-c2cnn(C3CCN(C(=O)OC(C)(C)C)CC3)c2)cn2ncc(C#N)c12. The lowest BCUT2D eigenvalue weighted by molar-refractivity contribution is 0.0185. The van der Waals surface area contributed by atoms with Gasteiger partial charge in [0.2, 0.25) is 0 Å². The minimum absolute atomic E-state index is 0.216. The molecule has 1 fully saturated rings. The molecule has 162 valence electrons. The molecule has 0 aliphatic carbocycles. The first-order valence-electron chi connectivity index (χ1n) is 10.3. The van der Waals surface area contributed by atoms with E-state index in [1.54, 1.807) is 16.5 Å². The third-order valence-corrected chi connectivity index (χ3v) is 5.34. The minimum atomic E-state index is -0.491. The van der Waals surface area contributed by atoms with Crippen LogP contribution in [-0.4, -0.2) is 56.2 Å². The van der Waals surface area contributed by atoms with Crippen LogP contribution in [0, 0.1) is 11.3 Å². The average molecular weight is 422 g/mol. The van der Waals surface area contributed by atoms with E-state index < -0.39 is 5.60 Å². The number of ether oxygens (including phenoxy) is 2. The first-order chi connectivity index (χ1) is 14.8. The van der Waals surface area contributed by atoms with Crippen molar-refractivity contribution in [2.24, 2.45) is 0 Å². The zero-order valence-electron chi connectivity index (χ0n) is 18.2. The highest BCUT2D eigenvalue weighted by Crippen LogP contribution is 2.31. The van der Waals surface area contributed by atoms with Crippen molar-refractivity contribution in [3.63, 3.8) is 0 Å². The monoisotopic (exact) mass is 422 g/mol. The number of pyridine rings is 1. The van der Waals surface area contributed by atoms with E-state index in [0.717, 1.165) is 24.0 Å². The number of rotatable bonds is 3. The molecule has 31 heavy (non-hydrogen) atoms. The van der Waals surface area contributed by atoms with Crippen LogP contribution in [0.1, 0.15) is 45.2 Å². The Balaban J connectivity index is 1.50. The van der Waals surface area contributed by atoms with Crippen molar-refractivity contribution in [3.8, 4) is 22.9 Å². The Morgan fingerprint density at radius 3 is 2.55 bits per heavy atom. The predicted molar refractivity (Wildman–Crippen MR) is 114 cm³/mol. The Kier molecular flexibility index (Phi) is 5.31. The van der Waals surface area contributed by atoms with Gasteiger partial charge in [-0.3, -0.25) is 4.68 Å². The number of fused-ring (bicyclic) bond motifs is 1. The van der Waals surface area contributed by atoms with Crippen LogP contribution in [0.3, 0.4) is 0 Å². The summed E-state index contributed by atoms with van der Waals surface area (Å²) in [5.41, 5.74) is 2.46. The molecule has 0 unspecified atom stereocenters. The molecule has 4 heterocycles. The van der Waals surface area contributed by atoms with Crippen LogP contribution >= 0.6 is 0 Å². The first kappa shape index (κ1) is 20.7. The molecule has 3 aromatic heterocycles. The lowest BCUT2D eigenvalue weighted by Gasteiger charge is -2.33. The summed E-state index contributed by atoms with van der Waals surface area (Å²) in [6, 6.07) is 4.25. The average Bonchev–Trinajstić information content (AvgIpc) is 3.39. The smallest absolute Gasteiger partial charge is 0.410 e. The van der Waals surface area contributed by atoms with Crippen molar-refractivity contribution in [1.29, 1.82) is 5.26 Å². The molecule has 0 spiro atoms. The third-order valence-electron chi connectivity index (χ3n) is 5.34. The number of piperidine rings is 1. The number of nitrogens with zero attached hydrogens (tertiary/aromatic N) is 6. The first-order valence-corrected chi connectivity index (χ1v) is 10.3. The molecule has 1 amide bonds. The van der Waals surface area contributed by atoms with Gasteiger partial charge in [-0.1, -0.05) is 0 Å². The van der Waals surface area contributed by atoms with Crippen LogP contribution in [0.5, 0.6) is 5.75 Å². The minimum Gasteiger partial charge on any atom is -0.494 e. The van der Waals surface area contributed by atoms with E-state index in [4.69, 9.17) is 9.47 Å². The molecule has 0 N–H and O–H groups in total. The quantitative estimate of drug-likeness (QED) is 0.639. The van der Waals surface area contributed by atoms with E-state index in [1.807, 2.05) is 50.1 Å². The van der Waals surface area contributed by atoms with Crippen LogP contribution in [0.4, 0.5) is 4.79 Å². The summed E-state index contributed by atoms with van der Waals surface area (Å²) in [7, 11) is 1.58. The number of amides is 1. The summed E-state index contributed by atoms with van der Waals surface area (Å²) >= 11 is 0. The van der Waals surface area contributed by atoms with Crippen molar-refractivity contribution in [2.45, 2.75) is 45.3 Å². The second kappa shape index (κ2) is 7.95. The highest BCUT2D eigenvalue weighted by atomic mass is 16.6. The van der Waals surface area contributed by atoms with Gasteiger partial charge in [0.25, 0.3) is 0 Å². The standard InChI is InChI=1S/C22H26N6O3/c1-22(2,3)31-21(29)26-7-5-18(6-8-26)27-14-17(12-24-27)15-9-19(30-4)20-16(10-23)11-25-28(20)13-15/h9,11-14,18H,5-8H2,1-4H3. The van der Waals surface area contributed by atoms with Gasteiger partial charge in [-0.25, -0.2) is 9.31 Å². The molecule has 9 heteroatoms. The molecule has 4 rings (SSSR count). The van der Waals surface area contributed by atoms with Crippen LogP contribution in [-0.2, 0) is 4.74 Å². The molecule has 1 saturated heterocycles. The van der Waals surface area contributed by atoms with Gasteiger partial charge in [-0.05, 0) is 39.7 Å². The van der Waals surface area contributed by atoms with Gasteiger partial charge in [0, 0.05) is 36.6 Å².